The normalized spacial score (nSPS) is 47.6. The minimum absolute atomic E-state index is 0.0232. The van der Waals surface area contributed by atoms with Crippen LogP contribution in [0.3, 0.4) is 0 Å². The second-order valence-corrected chi connectivity index (χ2v) is 3.71. The number of ether oxygens (including phenoxy) is 1. The van der Waals surface area contributed by atoms with Crippen molar-refractivity contribution >= 4 is 0 Å². The minimum Gasteiger partial charge on any atom is -0.350 e. The predicted octanol–water partition coefficient (Wildman–Crippen LogP) is 1.86. The number of hydrogen-bond acceptors (Lipinski definition) is 2. The van der Waals surface area contributed by atoms with Gasteiger partial charge in [0.15, 0.2) is 6.10 Å². The highest BCUT2D eigenvalue weighted by atomic mass is 16.6. The van der Waals surface area contributed by atoms with Crippen molar-refractivity contribution in [2.45, 2.75) is 44.3 Å². The number of hydrogen-bond donors (Lipinski definition) is 0. The molecule has 11 heavy (non-hydrogen) atoms. The van der Waals surface area contributed by atoms with Crippen LogP contribution >= 0.6 is 0 Å². The molecule has 2 nitrogen and oxygen atoms in total. The van der Waals surface area contributed by atoms with Gasteiger partial charge in [-0.05, 0) is 25.2 Å². The monoisotopic (exact) mass is 151 g/mol. The molecule has 2 heteroatoms. The molecule has 3 atom stereocenters. The highest BCUT2D eigenvalue weighted by molar-refractivity contribution is 5.16. The van der Waals surface area contributed by atoms with Crippen LogP contribution < -0.4 is 0 Å². The lowest BCUT2D eigenvalue weighted by Gasteiger charge is -2.02. The first kappa shape index (κ1) is 7.12. The van der Waals surface area contributed by atoms with E-state index in [9.17, 15) is 0 Å². The van der Waals surface area contributed by atoms with Gasteiger partial charge in [0.25, 0.3) is 0 Å². The van der Waals surface area contributed by atoms with Crippen LogP contribution in [0, 0.1) is 17.2 Å². The van der Waals surface area contributed by atoms with Crippen LogP contribution in [0.15, 0.2) is 0 Å². The number of rotatable bonds is 1. The maximum atomic E-state index is 8.62. The van der Waals surface area contributed by atoms with Crippen molar-refractivity contribution in [3.63, 3.8) is 0 Å². The Balaban J connectivity index is 1.97. The molecule has 0 aromatic rings. The fourth-order valence-corrected chi connectivity index (χ4v) is 2.18. The first-order valence-corrected chi connectivity index (χ1v) is 4.38. The quantitative estimate of drug-likeness (QED) is 0.536. The third-order valence-electron chi connectivity index (χ3n) is 3.08. The molecule has 0 aromatic heterocycles. The Morgan fingerprint density at radius 3 is 3.00 bits per heavy atom. The minimum atomic E-state index is -0.0703. The van der Waals surface area contributed by atoms with Crippen LogP contribution in [0.4, 0.5) is 0 Å². The summed E-state index contributed by atoms with van der Waals surface area (Å²) in [7, 11) is 0. The van der Waals surface area contributed by atoms with Gasteiger partial charge >= 0.3 is 0 Å². The van der Waals surface area contributed by atoms with Crippen molar-refractivity contribution in [2.75, 3.05) is 0 Å². The van der Waals surface area contributed by atoms with Crippen LogP contribution in [0.25, 0.3) is 0 Å². The van der Waals surface area contributed by atoms with Gasteiger partial charge in [-0.25, -0.2) is 0 Å². The maximum Gasteiger partial charge on any atom is 0.173 e. The Morgan fingerprint density at radius 1 is 1.73 bits per heavy atom. The van der Waals surface area contributed by atoms with E-state index in [0.29, 0.717) is 0 Å². The molecule has 1 saturated heterocycles. The third kappa shape index (κ3) is 0.954. The molecule has 60 valence electrons. The zero-order valence-electron chi connectivity index (χ0n) is 6.84. The van der Waals surface area contributed by atoms with Gasteiger partial charge in [-0.2, -0.15) is 5.26 Å². The summed E-state index contributed by atoms with van der Waals surface area (Å²) < 4.78 is 5.39. The number of nitriles is 1. The van der Waals surface area contributed by atoms with Crippen LogP contribution in [0.2, 0.25) is 0 Å². The Bertz CT molecular complexity index is 208. The SMILES string of the molecule is CCC1CCC2(C1)OC2C#N. The Kier molecular flexibility index (Phi) is 1.43. The van der Waals surface area contributed by atoms with E-state index in [4.69, 9.17) is 10.00 Å². The van der Waals surface area contributed by atoms with Gasteiger partial charge in [0.1, 0.15) is 5.60 Å². The molecular formula is C9H13NO. The third-order valence-corrected chi connectivity index (χ3v) is 3.08. The van der Waals surface area contributed by atoms with E-state index in [0.717, 1.165) is 18.8 Å². The lowest BCUT2D eigenvalue weighted by molar-refractivity contribution is 0.295. The van der Waals surface area contributed by atoms with E-state index in [1.165, 1.54) is 12.8 Å². The van der Waals surface area contributed by atoms with Crippen LogP contribution in [0.1, 0.15) is 32.6 Å². The van der Waals surface area contributed by atoms with Crippen LogP contribution in [-0.4, -0.2) is 11.7 Å². The molecule has 0 radical (unpaired) electrons. The molecule has 0 bridgehead atoms. The van der Waals surface area contributed by atoms with Gasteiger partial charge in [-0.1, -0.05) is 13.3 Å². The van der Waals surface area contributed by atoms with Crippen molar-refractivity contribution in [3.8, 4) is 6.07 Å². The Hall–Kier alpha value is -0.550. The molecule has 0 N–H and O–H groups in total. The predicted molar refractivity (Wildman–Crippen MR) is 40.8 cm³/mol. The van der Waals surface area contributed by atoms with Gasteiger partial charge in [0.2, 0.25) is 0 Å². The van der Waals surface area contributed by atoms with Crippen LogP contribution in [0.5, 0.6) is 0 Å². The molecule has 1 spiro atoms. The summed E-state index contributed by atoms with van der Waals surface area (Å²) in [6.07, 6.45) is 4.67. The summed E-state index contributed by atoms with van der Waals surface area (Å²) in [5.74, 6) is 0.813. The molecule has 2 fully saturated rings. The summed E-state index contributed by atoms with van der Waals surface area (Å²) in [6, 6.07) is 2.19. The molecular weight excluding hydrogens is 138 g/mol. The largest absolute Gasteiger partial charge is 0.350 e. The fourth-order valence-electron chi connectivity index (χ4n) is 2.18. The molecule has 1 aliphatic carbocycles. The molecule has 3 unspecified atom stereocenters. The highest BCUT2D eigenvalue weighted by Crippen LogP contribution is 2.52. The number of epoxide rings is 1. The van der Waals surface area contributed by atoms with Gasteiger partial charge in [-0.15, -0.1) is 0 Å². The van der Waals surface area contributed by atoms with Gasteiger partial charge in [0.05, 0.1) is 6.07 Å². The summed E-state index contributed by atoms with van der Waals surface area (Å²) in [5, 5.41) is 8.62. The standard InChI is InChI=1S/C9H13NO/c1-2-7-3-4-9(5-7)8(6-10)11-9/h7-8H,2-5H2,1H3. The van der Waals surface area contributed by atoms with E-state index in [-0.39, 0.29) is 11.7 Å². The smallest absolute Gasteiger partial charge is 0.173 e. The molecule has 0 aromatic carbocycles. The molecule has 1 heterocycles. The number of nitrogens with zero attached hydrogens (tertiary/aromatic N) is 1. The second-order valence-electron chi connectivity index (χ2n) is 3.71. The lowest BCUT2D eigenvalue weighted by Crippen LogP contribution is -2.08. The second kappa shape index (κ2) is 2.22. The summed E-state index contributed by atoms with van der Waals surface area (Å²) in [4.78, 5) is 0. The van der Waals surface area contributed by atoms with Crippen molar-refractivity contribution in [2.24, 2.45) is 5.92 Å². The van der Waals surface area contributed by atoms with E-state index in [2.05, 4.69) is 13.0 Å². The molecule has 2 aliphatic rings. The Labute approximate surface area is 67.2 Å². The van der Waals surface area contributed by atoms with E-state index in [1.54, 1.807) is 0 Å². The highest BCUT2D eigenvalue weighted by Gasteiger charge is 2.60. The lowest BCUT2D eigenvalue weighted by atomic mass is 10.0. The summed E-state index contributed by atoms with van der Waals surface area (Å²) in [6.45, 7) is 2.22. The van der Waals surface area contributed by atoms with E-state index < -0.39 is 0 Å². The molecule has 0 amide bonds. The van der Waals surface area contributed by atoms with Crippen molar-refractivity contribution in [1.29, 1.82) is 5.26 Å². The first-order chi connectivity index (χ1) is 5.30. The van der Waals surface area contributed by atoms with Gasteiger partial charge in [0, 0.05) is 0 Å². The zero-order valence-corrected chi connectivity index (χ0v) is 6.84. The topological polar surface area (TPSA) is 36.3 Å². The Morgan fingerprint density at radius 2 is 2.55 bits per heavy atom. The molecule has 1 aliphatic heterocycles. The fraction of sp³-hybridized carbons (Fsp3) is 0.889. The first-order valence-electron chi connectivity index (χ1n) is 4.38. The van der Waals surface area contributed by atoms with Crippen molar-refractivity contribution in [1.82, 2.24) is 0 Å². The molecule has 1 saturated carbocycles. The summed E-state index contributed by atoms with van der Waals surface area (Å²) in [5.41, 5.74) is 0.0232. The van der Waals surface area contributed by atoms with Crippen molar-refractivity contribution < 1.29 is 4.74 Å². The maximum absolute atomic E-state index is 8.62. The van der Waals surface area contributed by atoms with Crippen molar-refractivity contribution in [3.05, 3.63) is 0 Å². The molecule has 2 rings (SSSR count). The average molecular weight is 151 g/mol. The van der Waals surface area contributed by atoms with E-state index >= 15 is 0 Å². The zero-order chi connectivity index (χ0) is 7.90. The van der Waals surface area contributed by atoms with Gasteiger partial charge < -0.3 is 4.74 Å². The van der Waals surface area contributed by atoms with Crippen LogP contribution in [-0.2, 0) is 4.74 Å². The average Bonchev–Trinajstić information content (AvgIpc) is 2.53. The summed E-state index contributed by atoms with van der Waals surface area (Å²) >= 11 is 0. The van der Waals surface area contributed by atoms with E-state index in [1.807, 2.05) is 0 Å². The van der Waals surface area contributed by atoms with Gasteiger partial charge in [-0.3, -0.25) is 0 Å².